The van der Waals surface area contributed by atoms with Crippen molar-refractivity contribution in [3.63, 3.8) is 0 Å². The average Bonchev–Trinajstić information content (AvgIpc) is 3.09. The van der Waals surface area contributed by atoms with Gasteiger partial charge < -0.3 is 4.90 Å². The summed E-state index contributed by atoms with van der Waals surface area (Å²) in [5, 5.41) is 4.32. The van der Waals surface area contributed by atoms with Gasteiger partial charge in [0.05, 0.1) is 18.3 Å². The highest BCUT2D eigenvalue weighted by atomic mass is 19.1. The lowest BCUT2D eigenvalue weighted by atomic mass is 10.2. The Bertz CT molecular complexity index is 845. The van der Waals surface area contributed by atoms with Gasteiger partial charge in [-0.15, -0.1) is 0 Å². The zero-order chi connectivity index (χ0) is 17.6. The molecule has 1 aromatic heterocycles. The van der Waals surface area contributed by atoms with Gasteiger partial charge in [0.25, 0.3) is 0 Å². The van der Waals surface area contributed by atoms with Crippen molar-refractivity contribution in [1.29, 1.82) is 0 Å². The molecule has 0 N–H and O–H groups in total. The Morgan fingerprint density at radius 2 is 1.92 bits per heavy atom. The standard InChI is InChI=1S/C20H20FN3O/c1-2-23(14-16-7-6-8-18(21)11-16)20(25)12-17-13-22-24(15-17)19-9-4-3-5-10-19/h3-11,13,15H,2,12,14H2,1H3. The quantitative estimate of drug-likeness (QED) is 0.689. The summed E-state index contributed by atoms with van der Waals surface area (Å²) >= 11 is 0. The van der Waals surface area contributed by atoms with Gasteiger partial charge in [-0.25, -0.2) is 9.07 Å². The van der Waals surface area contributed by atoms with Crippen molar-refractivity contribution >= 4 is 5.91 Å². The third-order valence-corrected chi connectivity index (χ3v) is 4.01. The lowest BCUT2D eigenvalue weighted by Gasteiger charge is -2.20. The maximum absolute atomic E-state index is 13.3. The summed E-state index contributed by atoms with van der Waals surface area (Å²) in [5.74, 6) is -0.287. The Morgan fingerprint density at radius 1 is 1.12 bits per heavy atom. The molecule has 0 aliphatic carbocycles. The molecule has 25 heavy (non-hydrogen) atoms. The minimum absolute atomic E-state index is 0.000581. The number of hydrogen-bond donors (Lipinski definition) is 0. The molecule has 0 atom stereocenters. The van der Waals surface area contributed by atoms with E-state index in [4.69, 9.17) is 0 Å². The molecule has 0 saturated heterocycles. The number of carbonyl (C=O) groups excluding carboxylic acids is 1. The number of nitrogens with zero attached hydrogens (tertiary/aromatic N) is 3. The van der Waals surface area contributed by atoms with Gasteiger partial charge in [0.2, 0.25) is 5.91 Å². The van der Waals surface area contributed by atoms with Crippen LogP contribution in [0.4, 0.5) is 4.39 Å². The summed E-state index contributed by atoms with van der Waals surface area (Å²) in [6.45, 7) is 2.90. The molecule has 3 rings (SSSR count). The number of halogens is 1. The first-order valence-electron chi connectivity index (χ1n) is 8.27. The molecule has 1 amide bonds. The van der Waals surface area contributed by atoms with Gasteiger partial charge in [0.15, 0.2) is 0 Å². The normalized spacial score (nSPS) is 10.6. The van der Waals surface area contributed by atoms with E-state index in [1.54, 1.807) is 21.8 Å². The highest BCUT2D eigenvalue weighted by Gasteiger charge is 2.14. The van der Waals surface area contributed by atoms with E-state index in [1.807, 2.05) is 49.5 Å². The van der Waals surface area contributed by atoms with Crippen LogP contribution in [0.5, 0.6) is 0 Å². The van der Waals surface area contributed by atoms with Crippen LogP contribution < -0.4 is 0 Å². The number of carbonyl (C=O) groups is 1. The van der Waals surface area contributed by atoms with E-state index in [0.717, 1.165) is 16.8 Å². The Kier molecular flexibility index (Phi) is 5.23. The second-order valence-electron chi connectivity index (χ2n) is 5.84. The van der Waals surface area contributed by atoms with Crippen molar-refractivity contribution in [2.24, 2.45) is 0 Å². The smallest absolute Gasteiger partial charge is 0.227 e. The van der Waals surface area contributed by atoms with Crippen molar-refractivity contribution in [2.75, 3.05) is 6.54 Å². The number of hydrogen-bond acceptors (Lipinski definition) is 2. The minimum atomic E-state index is -0.287. The van der Waals surface area contributed by atoms with Gasteiger partial charge in [-0.2, -0.15) is 5.10 Å². The van der Waals surface area contributed by atoms with Gasteiger partial charge in [-0.05, 0) is 42.3 Å². The molecule has 3 aromatic rings. The van der Waals surface area contributed by atoms with Crippen molar-refractivity contribution < 1.29 is 9.18 Å². The summed E-state index contributed by atoms with van der Waals surface area (Å²) in [6.07, 6.45) is 3.85. The van der Waals surface area contributed by atoms with Crippen LogP contribution in [-0.4, -0.2) is 27.1 Å². The lowest BCUT2D eigenvalue weighted by molar-refractivity contribution is -0.130. The fraction of sp³-hybridized carbons (Fsp3) is 0.200. The number of para-hydroxylation sites is 1. The van der Waals surface area contributed by atoms with E-state index in [1.165, 1.54) is 12.1 Å². The Labute approximate surface area is 146 Å². The number of rotatable bonds is 6. The number of aromatic nitrogens is 2. The topological polar surface area (TPSA) is 38.1 Å². The van der Waals surface area contributed by atoms with Crippen molar-refractivity contribution in [1.82, 2.24) is 14.7 Å². The molecule has 0 radical (unpaired) electrons. The van der Waals surface area contributed by atoms with E-state index in [9.17, 15) is 9.18 Å². The van der Waals surface area contributed by atoms with Crippen molar-refractivity contribution in [3.05, 3.63) is 83.9 Å². The van der Waals surface area contributed by atoms with Crippen LogP contribution in [0.15, 0.2) is 67.0 Å². The molecule has 0 fully saturated rings. The zero-order valence-electron chi connectivity index (χ0n) is 14.1. The van der Waals surface area contributed by atoms with Crippen LogP contribution in [0.3, 0.4) is 0 Å². The second-order valence-corrected chi connectivity index (χ2v) is 5.84. The third-order valence-electron chi connectivity index (χ3n) is 4.01. The van der Waals surface area contributed by atoms with Crippen molar-refractivity contribution in [2.45, 2.75) is 19.9 Å². The molecular weight excluding hydrogens is 317 g/mol. The molecule has 2 aromatic carbocycles. The molecule has 0 aliphatic rings. The SMILES string of the molecule is CCN(Cc1cccc(F)c1)C(=O)Cc1cnn(-c2ccccc2)c1. The number of likely N-dealkylation sites (N-methyl/N-ethyl adjacent to an activating group) is 1. The summed E-state index contributed by atoms with van der Waals surface area (Å²) in [4.78, 5) is 14.3. The van der Waals surface area contributed by atoms with Crippen LogP contribution in [0.1, 0.15) is 18.1 Å². The first kappa shape index (κ1) is 16.9. The molecule has 4 nitrogen and oxygen atoms in total. The predicted octanol–water partition coefficient (Wildman–Crippen LogP) is 3.60. The molecule has 0 aliphatic heterocycles. The predicted molar refractivity (Wildman–Crippen MR) is 94.8 cm³/mol. The van der Waals surface area contributed by atoms with E-state index in [2.05, 4.69) is 5.10 Å². The van der Waals surface area contributed by atoms with Crippen LogP contribution in [0.2, 0.25) is 0 Å². The Balaban J connectivity index is 1.67. The molecular formula is C20H20FN3O. The monoisotopic (exact) mass is 337 g/mol. The molecule has 1 heterocycles. The van der Waals surface area contributed by atoms with Gasteiger partial charge in [0.1, 0.15) is 5.82 Å². The van der Waals surface area contributed by atoms with Crippen LogP contribution in [0.25, 0.3) is 5.69 Å². The van der Waals surface area contributed by atoms with E-state index < -0.39 is 0 Å². The fourth-order valence-corrected chi connectivity index (χ4v) is 2.69. The van der Waals surface area contributed by atoms with E-state index in [0.29, 0.717) is 13.1 Å². The Hall–Kier alpha value is -2.95. The van der Waals surface area contributed by atoms with Crippen LogP contribution in [0, 0.1) is 5.82 Å². The molecule has 0 bridgehead atoms. The fourth-order valence-electron chi connectivity index (χ4n) is 2.69. The van der Waals surface area contributed by atoms with E-state index >= 15 is 0 Å². The van der Waals surface area contributed by atoms with Crippen LogP contribution in [-0.2, 0) is 17.8 Å². The number of amides is 1. The first-order valence-corrected chi connectivity index (χ1v) is 8.27. The van der Waals surface area contributed by atoms with Gasteiger partial charge in [-0.1, -0.05) is 30.3 Å². The third kappa shape index (κ3) is 4.32. The first-order chi connectivity index (χ1) is 12.2. The molecule has 128 valence electrons. The molecule has 0 spiro atoms. The number of benzene rings is 2. The highest BCUT2D eigenvalue weighted by molar-refractivity contribution is 5.78. The zero-order valence-corrected chi connectivity index (χ0v) is 14.1. The van der Waals surface area contributed by atoms with Gasteiger partial charge in [0, 0.05) is 19.3 Å². The lowest BCUT2D eigenvalue weighted by Crippen LogP contribution is -2.31. The minimum Gasteiger partial charge on any atom is -0.338 e. The maximum atomic E-state index is 13.3. The molecule has 0 unspecified atom stereocenters. The highest BCUT2D eigenvalue weighted by Crippen LogP contribution is 2.11. The summed E-state index contributed by atoms with van der Waals surface area (Å²) in [7, 11) is 0. The maximum Gasteiger partial charge on any atom is 0.227 e. The van der Waals surface area contributed by atoms with E-state index in [-0.39, 0.29) is 18.1 Å². The Morgan fingerprint density at radius 3 is 2.64 bits per heavy atom. The average molecular weight is 337 g/mol. The largest absolute Gasteiger partial charge is 0.338 e. The molecule has 5 heteroatoms. The second kappa shape index (κ2) is 7.75. The van der Waals surface area contributed by atoms with Crippen molar-refractivity contribution in [3.8, 4) is 5.69 Å². The molecule has 0 saturated carbocycles. The van der Waals surface area contributed by atoms with Gasteiger partial charge >= 0.3 is 0 Å². The van der Waals surface area contributed by atoms with Crippen LogP contribution >= 0.6 is 0 Å². The van der Waals surface area contributed by atoms with Gasteiger partial charge in [-0.3, -0.25) is 4.79 Å². The summed E-state index contributed by atoms with van der Waals surface area (Å²) < 4.78 is 15.1. The summed E-state index contributed by atoms with van der Waals surface area (Å²) in [5.41, 5.74) is 2.59. The summed E-state index contributed by atoms with van der Waals surface area (Å²) in [6, 6.07) is 16.1.